The average molecular weight is 251 g/mol. The van der Waals surface area contributed by atoms with Crippen molar-refractivity contribution in [2.75, 3.05) is 0 Å². The number of aliphatic carboxylic acids is 1. The van der Waals surface area contributed by atoms with Gasteiger partial charge in [-0.1, -0.05) is 6.07 Å². The van der Waals surface area contributed by atoms with E-state index in [0.29, 0.717) is 18.4 Å². The number of carboxylic acid groups (broad SMARTS) is 1. The van der Waals surface area contributed by atoms with E-state index in [0.717, 1.165) is 12.5 Å². The molecule has 0 atom stereocenters. The average Bonchev–Trinajstić information content (AvgIpc) is 2.26. The fraction of sp³-hybridized carbons (Fsp3) is 0.385. The Balaban J connectivity index is 2.22. The number of carbonyl (C=O) groups excluding carboxylic acids is 1. The molecule has 0 saturated heterocycles. The molecule has 2 rings (SSSR count). The Kier molecular flexibility index (Phi) is 3.07. The number of nitrogens with one attached hydrogen (secondary N) is 1. The van der Waals surface area contributed by atoms with Crippen LogP contribution in [0.25, 0.3) is 0 Å². The van der Waals surface area contributed by atoms with Gasteiger partial charge in [0.2, 0.25) is 0 Å². The topological polar surface area (TPSA) is 66.4 Å². The minimum Gasteiger partial charge on any atom is -0.480 e. The van der Waals surface area contributed by atoms with Crippen molar-refractivity contribution in [3.63, 3.8) is 0 Å². The molecule has 0 aromatic heterocycles. The summed E-state index contributed by atoms with van der Waals surface area (Å²) in [6, 6.07) is 3.89. The quantitative estimate of drug-likeness (QED) is 0.861. The monoisotopic (exact) mass is 251 g/mol. The van der Waals surface area contributed by atoms with Crippen molar-refractivity contribution in [2.45, 2.75) is 31.7 Å². The summed E-state index contributed by atoms with van der Waals surface area (Å²) in [6.45, 7) is 1.68. The van der Waals surface area contributed by atoms with Crippen molar-refractivity contribution < 1.29 is 19.1 Å². The van der Waals surface area contributed by atoms with E-state index in [9.17, 15) is 14.0 Å². The molecule has 1 aromatic carbocycles. The van der Waals surface area contributed by atoms with E-state index in [4.69, 9.17) is 5.11 Å². The molecule has 0 spiro atoms. The van der Waals surface area contributed by atoms with Gasteiger partial charge in [-0.2, -0.15) is 0 Å². The molecule has 96 valence electrons. The molecule has 0 heterocycles. The third-order valence-electron chi connectivity index (χ3n) is 3.41. The van der Waals surface area contributed by atoms with Gasteiger partial charge in [-0.3, -0.25) is 4.79 Å². The maximum absolute atomic E-state index is 13.1. The maximum Gasteiger partial charge on any atom is 0.329 e. The van der Waals surface area contributed by atoms with Gasteiger partial charge < -0.3 is 10.4 Å². The van der Waals surface area contributed by atoms with Crippen LogP contribution >= 0.6 is 0 Å². The Morgan fingerprint density at radius 2 is 2.06 bits per heavy atom. The molecule has 0 bridgehead atoms. The van der Waals surface area contributed by atoms with Crippen LogP contribution in [0.3, 0.4) is 0 Å². The second-order valence-electron chi connectivity index (χ2n) is 4.65. The minimum absolute atomic E-state index is 0.183. The van der Waals surface area contributed by atoms with Crippen molar-refractivity contribution in [3.8, 4) is 0 Å². The Hall–Kier alpha value is -1.91. The summed E-state index contributed by atoms with van der Waals surface area (Å²) < 4.78 is 13.1. The third-order valence-corrected chi connectivity index (χ3v) is 3.41. The highest BCUT2D eigenvalue weighted by atomic mass is 19.1. The van der Waals surface area contributed by atoms with Gasteiger partial charge in [-0.15, -0.1) is 0 Å². The van der Waals surface area contributed by atoms with Crippen LogP contribution in [0.1, 0.15) is 35.2 Å². The zero-order chi connectivity index (χ0) is 13.3. The fourth-order valence-corrected chi connectivity index (χ4v) is 2.05. The Labute approximate surface area is 104 Å². The standard InChI is InChI=1S/C13H14FNO3/c1-8-3-4-9(14)7-10(8)11(16)15-13(12(17)18)5-2-6-13/h3-4,7H,2,5-6H2,1H3,(H,15,16)(H,17,18). The highest BCUT2D eigenvalue weighted by Gasteiger charge is 2.45. The van der Waals surface area contributed by atoms with Crippen molar-refractivity contribution in [1.82, 2.24) is 5.32 Å². The molecule has 4 nitrogen and oxygen atoms in total. The largest absolute Gasteiger partial charge is 0.480 e. The smallest absolute Gasteiger partial charge is 0.329 e. The lowest BCUT2D eigenvalue weighted by Gasteiger charge is -2.38. The van der Waals surface area contributed by atoms with E-state index in [1.165, 1.54) is 12.1 Å². The maximum atomic E-state index is 13.1. The van der Waals surface area contributed by atoms with Gasteiger partial charge in [0.1, 0.15) is 11.4 Å². The highest BCUT2D eigenvalue weighted by molar-refractivity contribution is 5.99. The van der Waals surface area contributed by atoms with Crippen LogP contribution in [-0.2, 0) is 4.79 Å². The summed E-state index contributed by atoms with van der Waals surface area (Å²) in [5.41, 5.74) is -0.369. The second-order valence-corrected chi connectivity index (χ2v) is 4.65. The van der Waals surface area contributed by atoms with Crippen LogP contribution in [0.4, 0.5) is 4.39 Å². The zero-order valence-corrected chi connectivity index (χ0v) is 10.00. The molecule has 0 radical (unpaired) electrons. The van der Waals surface area contributed by atoms with Crippen molar-refractivity contribution >= 4 is 11.9 Å². The van der Waals surface area contributed by atoms with Crippen LogP contribution in [0.2, 0.25) is 0 Å². The van der Waals surface area contributed by atoms with Gasteiger partial charge in [0, 0.05) is 5.56 Å². The summed E-state index contributed by atoms with van der Waals surface area (Å²) >= 11 is 0. The van der Waals surface area contributed by atoms with Crippen LogP contribution in [0.5, 0.6) is 0 Å². The van der Waals surface area contributed by atoms with Crippen molar-refractivity contribution in [2.24, 2.45) is 0 Å². The summed E-state index contributed by atoms with van der Waals surface area (Å²) in [6.07, 6.45) is 1.61. The van der Waals surface area contributed by atoms with Crippen LogP contribution in [-0.4, -0.2) is 22.5 Å². The van der Waals surface area contributed by atoms with Gasteiger partial charge in [0.05, 0.1) is 0 Å². The molecular formula is C13H14FNO3. The number of amides is 1. The first-order valence-corrected chi connectivity index (χ1v) is 5.77. The molecule has 2 N–H and O–H groups in total. The van der Waals surface area contributed by atoms with Crippen LogP contribution < -0.4 is 5.32 Å². The molecule has 1 aromatic rings. The van der Waals surface area contributed by atoms with Crippen LogP contribution in [0.15, 0.2) is 18.2 Å². The van der Waals surface area contributed by atoms with Crippen molar-refractivity contribution in [1.29, 1.82) is 0 Å². The molecule has 1 saturated carbocycles. The van der Waals surface area contributed by atoms with Gasteiger partial charge >= 0.3 is 5.97 Å². The van der Waals surface area contributed by atoms with Crippen LogP contribution in [0, 0.1) is 12.7 Å². The van der Waals surface area contributed by atoms with Gasteiger partial charge in [-0.05, 0) is 43.9 Å². The van der Waals surface area contributed by atoms with Crippen molar-refractivity contribution in [3.05, 3.63) is 35.1 Å². The van der Waals surface area contributed by atoms with Gasteiger partial charge in [0.25, 0.3) is 5.91 Å². The van der Waals surface area contributed by atoms with E-state index >= 15 is 0 Å². The molecule has 1 fully saturated rings. The zero-order valence-electron chi connectivity index (χ0n) is 10.00. The molecule has 0 aliphatic heterocycles. The molecule has 18 heavy (non-hydrogen) atoms. The minimum atomic E-state index is -1.17. The van der Waals surface area contributed by atoms with E-state index in [1.807, 2.05) is 0 Å². The Bertz CT molecular complexity index is 509. The lowest BCUT2D eigenvalue weighted by molar-refractivity contribution is -0.148. The Morgan fingerprint density at radius 1 is 1.39 bits per heavy atom. The first kappa shape index (κ1) is 12.5. The van der Waals surface area contributed by atoms with Gasteiger partial charge in [-0.25, -0.2) is 9.18 Å². The highest BCUT2D eigenvalue weighted by Crippen LogP contribution is 2.32. The first-order valence-electron chi connectivity index (χ1n) is 5.77. The van der Waals surface area contributed by atoms with E-state index in [1.54, 1.807) is 6.92 Å². The van der Waals surface area contributed by atoms with E-state index < -0.39 is 23.2 Å². The summed E-state index contributed by atoms with van der Waals surface area (Å²) in [5, 5.41) is 11.6. The molecule has 5 heteroatoms. The second kappa shape index (κ2) is 4.40. The number of halogens is 1. The number of hydrogen-bond donors (Lipinski definition) is 2. The fourth-order valence-electron chi connectivity index (χ4n) is 2.05. The van der Waals surface area contributed by atoms with E-state index in [2.05, 4.69) is 5.32 Å². The molecule has 1 amide bonds. The molecule has 0 unspecified atom stereocenters. The summed E-state index contributed by atoms with van der Waals surface area (Å²) in [4.78, 5) is 23.1. The van der Waals surface area contributed by atoms with E-state index in [-0.39, 0.29) is 5.56 Å². The number of benzene rings is 1. The number of hydrogen-bond acceptors (Lipinski definition) is 2. The third kappa shape index (κ3) is 2.08. The number of rotatable bonds is 3. The predicted octanol–water partition coefficient (Wildman–Crippen LogP) is 1.87. The molecular weight excluding hydrogens is 237 g/mol. The number of carboxylic acids is 1. The SMILES string of the molecule is Cc1ccc(F)cc1C(=O)NC1(C(=O)O)CCC1. The Morgan fingerprint density at radius 3 is 2.56 bits per heavy atom. The predicted molar refractivity (Wildman–Crippen MR) is 62.8 cm³/mol. The lowest BCUT2D eigenvalue weighted by Crippen LogP contribution is -2.59. The summed E-state index contributed by atoms with van der Waals surface area (Å²) in [7, 11) is 0. The first-order chi connectivity index (χ1) is 8.44. The normalized spacial score (nSPS) is 16.8. The lowest BCUT2D eigenvalue weighted by atomic mass is 9.76. The number of aryl methyl sites for hydroxylation is 1. The molecule has 1 aliphatic rings. The molecule has 1 aliphatic carbocycles. The van der Waals surface area contributed by atoms with Gasteiger partial charge in [0.15, 0.2) is 0 Å². The summed E-state index contributed by atoms with van der Waals surface area (Å²) in [5.74, 6) is -2.08. The number of carbonyl (C=O) groups is 2.